The van der Waals surface area contributed by atoms with Crippen LogP contribution in [0, 0.1) is 5.41 Å². The van der Waals surface area contributed by atoms with Crippen molar-refractivity contribution in [1.29, 1.82) is 0 Å². The van der Waals surface area contributed by atoms with Gasteiger partial charge in [0.25, 0.3) is 0 Å². The molecule has 0 aromatic heterocycles. The van der Waals surface area contributed by atoms with Gasteiger partial charge in [0.1, 0.15) is 5.67 Å². The van der Waals surface area contributed by atoms with E-state index in [0.717, 1.165) is 26.2 Å². The van der Waals surface area contributed by atoms with Crippen LogP contribution in [0.15, 0.2) is 0 Å². The van der Waals surface area contributed by atoms with Crippen molar-refractivity contribution in [2.24, 2.45) is 5.41 Å². The van der Waals surface area contributed by atoms with Crippen LogP contribution in [0.3, 0.4) is 0 Å². The molecule has 0 radical (unpaired) electrons. The minimum Gasteiger partial charge on any atom is -0.317 e. The third-order valence-electron chi connectivity index (χ3n) is 4.00. The van der Waals surface area contributed by atoms with Gasteiger partial charge in [-0.15, -0.1) is 0 Å². The summed E-state index contributed by atoms with van der Waals surface area (Å²) in [5.74, 6) is 0. The third kappa shape index (κ3) is 3.17. The number of hydrogen-bond acceptors (Lipinski definition) is 2. The second-order valence-corrected chi connectivity index (χ2v) is 6.28. The fraction of sp³-hybridized carbons (Fsp3) is 1.00. The summed E-state index contributed by atoms with van der Waals surface area (Å²) in [4.78, 5) is 2.34. The Kier molecular flexibility index (Phi) is 3.55. The fourth-order valence-electron chi connectivity index (χ4n) is 3.34. The SMILES string of the molecule is CC(C)(F)CN1CCCC2(CCNCC2)C1. The Bertz CT molecular complexity index is 223. The molecule has 16 heavy (non-hydrogen) atoms. The molecule has 2 rings (SSSR count). The molecule has 3 heteroatoms. The maximum atomic E-state index is 13.7. The van der Waals surface area contributed by atoms with Gasteiger partial charge in [0.2, 0.25) is 0 Å². The quantitative estimate of drug-likeness (QED) is 0.779. The number of hydrogen-bond donors (Lipinski definition) is 1. The number of alkyl halides is 1. The molecule has 94 valence electrons. The summed E-state index contributed by atoms with van der Waals surface area (Å²) in [6.45, 7) is 8.47. The molecule has 0 unspecified atom stereocenters. The summed E-state index contributed by atoms with van der Waals surface area (Å²) in [5, 5.41) is 3.43. The standard InChI is InChI=1S/C13H25FN2/c1-12(2,14)10-16-9-3-4-13(11-16)5-7-15-8-6-13/h15H,3-11H2,1-2H3. The van der Waals surface area contributed by atoms with Gasteiger partial charge >= 0.3 is 0 Å². The van der Waals surface area contributed by atoms with E-state index >= 15 is 0 Å². The number of piperidine rings is 2. The Morgan fingerprint density at radius 3 is 2.56 bits per heavy atom. The van der Waals surface area contributed by atoms with Crippen molar-refractivity contribution in [1.82, 2.24) is 10.2 Å². The zero-order valence-corrected chi connectivity index (χ0v) is 10.7. The van der Waals surface area contributed by atoms with Gasteiger partial charge in [-0.25, -0.2) is 4.39 Å². The highest BCUT2D eigenvalue weighted by atomic mass is 19.1. The Morgan fingerprint density at radius 2 is 1.94 bits per heavy atom. The highest BCUT2D eigenvalue weighted by molar-refractivity contribution is 4.91. The largest absolute Gasteiger partial charge is 0.317 e. The predicted octanol–water partition coefficient (Wildman–Crippen LogP) is 2.20. The molecule has 2 fully saturated rings. The van der Waals surface area contributed by atoms with E-state index in [0.29, 0.717) is 12.0 Å². The molecule has 2 nitrogen and oxygen atoms in total. The Hall–Kier alpha value is -0.150. The van der Waals surface area contributed by atoms with Crippen molar-refractivity contribution >= 4 is 0 Å². The van der Waals surface area contributed by atoms with Gasteiger partial charge in [0.15, 0.2) is 0 Å². The van der Waals surface area contributed by atoms with E-state index in [9.17, 15) is 4.39 Å². The van der Waals surface area contributed by atoms with Crippen molar-refractivity contribution in [3.63, 3.8) is 0 Å². The van der Waals surface area contributed by atoms with Crippen LogP contribution in [0.2, 0.25) is 0 Å². The number of nitrogens with one attached hydrogen (secondary N) is 1. The van der Waals surface area contributed by atoms with Crippen molar-refractivity contribution in [3.8, 4) is 0 Å². The van der Waals surface area contributed by atoms with Gasteiger partial charge in [-0.3, -0.25) is 4.90 Å². The van der Waals surface area contributed by atoms with E-state index in [2.05, 4.69) is 10.2 Å². The first-order valence-corrected chi connectivity index (χ1v) is 6.61. The predicted molar refractivity (Wildman–Crippen MR) is 65.4 cm³/mol. The zero-order chi connectivity index (χ0) is 11.6. The lowest BCUT2D eigenvalue weighted by Gasteiger charge is -2.46. The fourth-order valence-corrected chi connectivity index (χ4v) is 3.34. The van der Waals surface area contributed by atoms with Crippen LogP contribution in [0.1, 0.15) is 39.5 Å². The van der Waals surface area contributed by atoms with Gasteiger partial charge < -0.3 is 5.32 Å². The van der Waals surface area contributed by atoms with Gasteiger partial charge in [-0.1, -0.05) is 0 Å². The monoisotopic (exact) mass is 228 g/mol. The Balaban J connectivity index is 1.92. The topological polar surface area (TPSA) is 15.3 Å². The first kappa shape index (κ1) is 12.3. The van der Waals surface area contributed by atoms with E-state index in [-0.39, 0.29) is 0 Å². The second-order valence-electron chi connectivity index (χ2n) is 6.28. The van der Waals surface area contributed by atoms with Gasteiger partial charge in [0.05, 0.1) is 0 Å². The van der Waals surface area contributed by atoms with Crippen molar-refractivity contribution in [3.05, 3.63) is 0 Å². The highest BCUT2D eigenvalue weighted by Gasteiger charge is 2.37. The van der Waals surface area contributed by atoms with Crippen LogP contribution >= 0.6 is 0 Å². The normalized spacial score (nSPS) is 27.2. The van der Waals surface area contributed by atoms with Crippen LogP contribution in [-0.2, 0) is 0 Å². The average molecular weight is 228 g/mol. The van der Waals surface area contributed by atoms with Gasteiger partial charge in [0, 0.05) is 13.1 Å². The zero-order valence-electron chi connectivity index (χ0n) is 10.7. The van der Waals surface area contributed by atoms with Gasteiger partial charge in [-0.2, -0.15) is 0 Å². The highest BCUT2D eigenvalue weighted by Crippen LogP contribution is 2.38. The van der Waals surface area contributed by atoms with Crippen LogP contribution in [0.5, 0.6) is 0 Å². The van der Waals surface area contributed by atoms with Crippen LogP contribution < -0.4 is 5.32 Å². The molecule has 2 heterocycles. The third-order valence-corrected chi connectivity index (χ3v) is 4.00. The van der Waals surface area contributed by atoms with Crippen molar-refractivity contribution < 1.29 is 4.39 Å². The molecular weight excluding hydrogens is 203 g/mol. The van der Waals surface area contributed by atoms with Crippen LogP contribution in [0.25, 0.3) is 0 Å². The molecule has 0 bridgehead atoms. The molecule has 0 saturated carbocycles. The van der Waals surface area contributed by atoms with Crippen molar-refractivity contribution in [2.45, 2.75) is 45.2 Å². The second kappa shape index (κ2) is 4.61. The van der Waals surface area contributed by atoms with E-state index < -0.39 is 5.67 Å². The molecule has 0 atom stereocenters. The van der Waals surface area contributed by atoms with Gasteiger partial charge in [-0.05, 0) is 64.6 Å². The lowest BCUT2D eigenvalue weighted by Crippen LogP contribution is -2.50. The molecule has 2 aliphatic rings. The smallest absolute Gasteiger partial charge is 0.118 e. The van der Waals surface area contributed by atoms with Crippen LogP contribution in [0.4, 0.5) is 4.39 Å². The summed E-state index contributed by atoms with van der Waals surface area (Å²) in [6.07, 6.45) is 5.14. The molecule has 0 aromatic carbocycles. The maximum absolute atomic E-state index is 13.7. The summed E-state index contributed by atoms with van der Waals surface area (Å²) < 4.78 is 13.7. The maximum Gasteiger partial charge on any atom is 0.118 e. The summed E-state index contributed by atoms with van der Waals surface area (Å²) >= 11 is 0. The number of rotatable bonds is 2. The molecule has 0 aromatic rings. The summed E-state index contributed by atoms with van der Waals surface area (Å²) in [7, 11) is 0. The van der Waals surface area contributed by atoms with E-state index in [1.165, 1.54) is 25.7 Å². The molecule has 2 saturated heterocycles. The lowest BCUT2D eigenvalue weighted by molar-refractivity contribution is 0.0277. The first-order valence-electron chi connectivity index (χ1n) is 6.61. The minimum absolute atomic E-state index is 0.495. The van der Waals surface area contributed by atoms with E-state index in [1.54, 1.807) is 13.8 Å². The van der Waals surface area contributed by atoms with E-state index in [4.69, 9.17) is 0 Å². The number of nitrogens with zero attached hydrogens (tertiary/aromatic N) is 1. The Labute approximate surface area is 98.6 Å². The van der Waals surface area contributed by atoms with Crippen LogP contribution in [-0.4, -0.2) is 43.3 Å². The van der Waals surface area contributed by atoms with E-state index in [1.807, 2.05) is 0 Å². The lowest BCUT2D eigenvalue weighted by atomic mass is 9.73. The molecule has 1 N–H and O–H groups in total. The van der Waals surface area contributed by atoms with Crippen molar-refractivity contribution in [2.75, 3.05) is 32.7 Å². The molecular formula is C13H25FN2. The molecule has 2 aliphatic heterocycles. The summed E-state index contributed by atoms with van der Waals surface area (Å²) in [5.41, 5.74) is -0.555. The first-order chi connectivity index (χ1) is 7.49. The molecule has 1 spiro atoms. The summed E-state index contributed by atoms with van der Waals surface area (Å²) in [6, 6.07) is 0. The Morgan fingerprint density at radius 1 is 1.25 bits per heavy atom. The molecule has 0 amide bonds. The number of halogens is 1. The molecule has 0 aliphatic carbocycles. The minimum atomic E-state index is -1.05. The number of likely N-dealkylation sites (tertiary alicyclic amines) is 1. The average Bonchev–Trinajstić information content (AvgIpc) is 2.16.